The van der Waals surface area contributed by atoms with Gasteiger partial charge in [-0.3, -0.25) is 14.4 Å². The summed E-state index contributed by atoms with van der Waals surface area (Å²) in [5.74, 6) is 0.649. The number of primary amides is 1. The van der Waals surface area contributed by atoms with E-state index < -0.39 is 24.4 Å². The summed E-state index contributed by atoms with van der Waals surface area (Å²) in [6.07, 6.45) is 7.05. The molecule has 0 radical (unpaired) electrons. The van der Waals surface area contributed by atoms with Gasteiger partial charge in [0.2, 0.25) is 5.91 Å². The first kappa shape index (κ1) is 24.0. The molecule has 4 fully saturated rings. The van der Waals surface area contributed by atoms with Crippen LogP contribution in [0, 0.1) is 17.8 Å². The molecule has 4 bridgehead atoms. The van der Waals surface area contributed by atoms with Gasteiger partial charge in [0.25, 0.3) is 5.91 Å². The van der Waals surface area contributed by atoms with E-state index in [-0.39, 0.29) is 37.5 Å². The Hall–Kier alpha value is -3.10. The molecule has 1 aromatic rings. The molecule has 4 amide bonds. The molecule has 1 aromatic carbocycles. The van der Waals surface area contributed by atoms with Crippen LogP contribution in [0.15, 0.2) is 30.3 Å². The third-order valence-electron chi connectivity index (χ3n) is 7.34. The topological polar surface area (TPSA) is 131 Å². The van der Waals surface area contributed by atoms with E-state index in [2.05, 4.69) is 10.6 Å². The lowest BCUT2D eigenvalue weighted by atomic mass is 9.53. The van der Waals surface area contributed by atoms with E-state index >= 15 is 0 Å². The van der Waals surface area contributed by atoms with Crippen LogP contribution in [-0.2, 0) is 19.1 Å². The second kappa shape index (κ2) is 10.4. The van der Waals surface area contributed by atoms with Crippen LogP contribution in [0.3, 0.4) is 0 Å². The maximum absolute atomic E-state index is 12.6. The quantitative estimate of drug-likeness (QED) is 0.451. The third-order valence-corrected chi connectivity index (χ3v) is 7.34. The van der Waals surface area contributed by atoms with Crippen LogP contribution < -0.4 is 21.3 Å². The van der Waals surface area contributed by atoms with Gasteiger partial charge in [0.05, 0.1) is 6.42 Å². The number of benzene rings is 1. The van der Waals surface area contributed by atoms with Crippen LogP contribution in [0.25, 0.3) is 0 Å². The fourth-order valence-electron chi connectivity index (χ4n) is 6.35. The summed E-state index contributed by atoms with van der Waals surface area (Å²) in [7, 11) is 0. The van der Waals surface area contributed by atoms with Gasteiger partial charge in [-0.2, -0.15) is 0 Å². The van der Waals surface area contributed by atoms with E-state index in [4.69, 9.17) is 10.5 Å². The predicted molar refractivity (Wildman–Crippen MR) is 126 cm³/mol. The number of hydrogen-bond acceptors (Lipinski definition) is 5. The summed E-state index contributed by atoms with van der Waals surface area (Å²) >= 11 is 0. The summed E-state index contributed by atoms with van der Waals surface area (Å²) in [6.45, 7) is -0.219. The Balaban J connectivity index is 1.18. The number of esters is 1. The van der Waals surface area contributed by atoms with Crippen molar-refractivity contribution in [2.75, 3.05) is 24.6 Å². The number of amides is 4. The number of rotatable bonds is 10. The highest BCUT2D eigenvalue weighted by atomic mass is 16.5. The number of para-hydroxylation sites is 1. The number of carbonyl (C=O) groups excluding carboxylic acids is 4. The zero-order chi connectivity index (χ0) is 24.1. The number of hydrogen-bond donors (Lipinski definition) is 3. The third kappa shape index (κ3) is 6.07. The highest BCUT2D eigenvalue weighted by molar-refractivity contribution is 5.95. The lowest BCUT2D eigenvalue weighted by molar-refractivity contribution is -0.147. The summed E-state index contributed by atoms with van der Waals surface area (Å²) < 4.78 is 5.11. The molecular weight excluding hydrogens is 436 g/mol. The average molecular weight is 471 g/mol. The maximum atomic E-state index is 12.6. The van der Waals surface area contributed by atoms with Gasteiger partial charge in [-0.15, -0.1) is 0 Å². The minimum atomic E-state index is -0.577. The molecule has 4 N–H and O–H groups in total. The van der Waals surface area contributed by atoms with E-state index in [1.54, 1.807) is 24.3 Å². The zero-order valence-corrected chi connectivity index (χ0v) is 19.5. The van der Waals surface area contributed by atoms with Crippen LogP contribution in [0.1, 0.15) is 51.4 Å². The Morgan fingerprint density at radius 1 is 0.971 bits per heavy atom. The summed E-state index contributed by atoms with van der Waals surface area (Å²) in [5.41, 5.74) is 5.72. The van der Waals surface area contributed by atoms with Crippen LogP contribution in [0.2, 0.25) is 0 Å². The van der Waals surface area contributed by atoms with E-state index in [0.29, 0.717) is 5.69 Å². The minimum Gasteiger partial charge on any atom is -0.455 e. The predicted octanol–water partition coefficient (Wildman–Crippen LogP) is 2.10. The first-order valence-corrected chi connectivity index (χ1v) is 12.2. The summed E-state index contributed by atoms with van der Waals surface area (Å²) in [6, 6.07) is 8.57. The molecule has 0 unspecified atom stereocenters. The van der Waals surface area contributed by atoms with Crippen molar-refractivity contribution in [3.05, 3.63) is 30.3 Å². The van der Waals surface area contributed by atoms with Crippen molar-refractivity contribution in [3.63, 3.8) is 0 Å². The van der Waals surface area contributed by atoms with E-state index in [1.165, 1.54) is 24.2 Å². The van der Waals surface area contributed by atoms with E-state index in [0.717, 1.165) is 37.0 Å². The van der Waals surface area contributed by atoms with Gasteiger partial charge in [0, 0.05) is 30.7 Å². The van der Waals surface area contributed by atoms with Crippen molar-refractivity contribution in [1.29, 1.82) is 0 Å². The van der Waals surface area contributed by atoms with Crippen LogP contribution in [0.4, 0.5) is 10.5 Å². The van der Waals surface area contributed by atoms with Crippen molar-refractivity contribution in [3.8, 4) is 0 Å². The highest BCUT2D eigenvalue weighted by Crippen LogP contribution is 2.55. The highest BCUT2D eigenvalue weighted by Gasteiger charge is 2.51. The first-order valence-electron chi connectivity index (χ1n) is 12.2. The molecule has 184 valence electrons. The molecule has 34 heavy (non-hydrogen) atoms. The van der Waals surface area contributed by atoms with Crippen molar-refractivity contribution in [2.45, 2.75) is 56.9 Å². The van der Waals surface area contributed by atoms with Crippen molar-refractivity contribution in [2.24, 2.45) is 23.5 Å². The summed E-state index contributed by atoms with van der Waals surface area (Å²) in [5, 5.41) is 5.96. The van der Waals surface area contributed by atoms with Gasteiger partial charge in [-0.25, -0.2) is 4.79 Å². The lowest BCUT2D eigenvalue weighted by Gasteiger charge is -2.56. The smallest absolute Gasteiger partial charge is 0.315 e. The molecule has 0 aliphatic heterocycles. The normalized spacial score (nSPS) is 26.5. The second-order valence-corrected chi connectivity index (χ2v) is 10.1. The molecule has 4 aliphatic rings. The van der Waals surface area contributed by atoms with Gasteiger partial charge in [0.1, 0.15) is 0 Å². The number of urea groups is 1. The molecule has 5 rings (SSSR count). The largest absolute Gasteiger partial charge is 0.455 e. The first-order chi connectivity index (χ1) is 16.3. The molecule has 0 saturated heterocycles. The number of nitrogens with one attached hydrogen (secondary N) is 2. The maximum Gasteiger partial charge on any atom is 0.315 e. The Morgan fingerprint density at radius 3 is 2.18 bits per heavy atom. The number of anilines is 1. The molecule has 9 nitrogen and oxygen atoms in total. The molecule has 9 heteroatoms. The van der Waals surface area contributed by atoms with Gasteiger partial charge in [-0.05, 0) is 68.4 Å². The molecule has 0 atom stereocenters. The minimum absolute atomic E-state index is 0.00264. The standard InChI is InChI=1S/C25H34N4O5/c26-21(30)7-9-29(20-4-2-1-3-5-20)22(31)16-34-23(32)6-8-27-24(33)28-25-13-17-10-18(14-25)12-19(11-17)15-25/h1-5,17-19H,6-16H2,(H2,26,30)(H2,27,28,33). The van der Waals surface area contributed by atoms with Gasteiger partial charge in [-0.1, -0.05) is 18.2 Å². The van der Waals surface area contributed by atoms with Crippen molar-refractivity contribution < 1.29 is 23.9 Å². The lowest BCUT2D eigenvalue weighted by Crippen LogP contribution is -2.61. The van der Waals surface area contributed by atoms with Gasteiger partial charge < -0.3 is 26.0 Å². The molecule has 4 saturated carbocycles. The van der Waals surface area contributed by atoms with Crippen LogP contribution >= 0.6 is 0 Å². The fraction of sp³-hybridized carbons (Fsp3) is 0.600. The Morgan fingerprint density at radius 2 is 1.59 bits per heavy atom. The average Bonchev–Trinajstić information content (AvgIpc) is 2.77. The van der Waals surface area contributed by atoms with Crippen molar-refractivity contribution >= 4 is 29.5 Å². The van der Waals surface area contributed by atoms with Gasteiger partial charge in [0.15, 0.2) is 6.61 Å². The Kier molecular flexibility index (Phi) is 7.38. The molecule has 4 aliphatic carbocycles. The van der Waals surface area contributed by atoms with E-state index in [9.17, 15) is 19.2 Å². The SMILES string of the molecule is NC(=O)CCN(C(=O)COC(=O)CCNC(=O)NC12CC3CC(CC(C3)C1)C2)c1ccccc1. The molecule has 0 aromatic heterocycles. The second-order valence-electron chi connectivity index (χ2n) is 10.1. The monoisotopic (exact) mass is 470 g/mol. The summed E-state index contributed by atoms with van der Waals surface area (Å²) in [4.78, 5) is 49.7. The van der Waals surface area contributed by atoms with Gasteiger partial charge >= 0.3 is 12.0 Å². The Labute approximate surface area is 199 Å². The number of nitrogens with two attached hydrogens (primary N) is 1. The number of carbonyl (C=O) groups is 4. The van der Waals surface area contributed by atoms with E-state index in [1.807, 2.05) is 6.07 Å². The van der Waals surface area contributed by atoms with Crippen LogP contribution in [0.5, 0.6) is 0 Å². The van der Waals surface area contributed by atoms with Crippen LogP contribution in [-0.4, -0.2) is 49.1 Å². The number of ether oxygens (including phenoxy) is 1. The number of nitrogens with zero attached hydrogens (tertiary/aromatic N) is 1. The fourth-order valence-corrected chi connectivity index (χ4v) is 6.35. The van der Waals surface area contributed by atoms with Crippen molar-refractivity contribution in [1.82, 2.24) is 10.6 Å². The molecule has 0 spiro atoms. The zero-order valence-electron chi connectivity index (χ0n) is 19.5. The molecular formula is C25H34N4O5. The molecule has 0 heterocycles. The Bertz CT molecular complexity index is 884.